The second-order valence-electron chi connectivity index (χ2n) is 4.91. The Balaban J connectivity index is 2.00. The molecule has 0 heterocycles. The van der Waals surface area contributed by atoms with Gasteiger partial charge in [0.05, 0.1) is 26.3 Å². The second-order valence-corrected chi connectivity index (χ2v) is 6.13. The van der Waals surface area contributed by atoms with Crippen molar-refractivity contribution < 1.29 is 14.3 Å². The molecule has 0 saturated carbocycles. The number of rotatable bonds is 4. The van der Waals surface area contributed by atoms with E-state index in [4.69, 9.17) is 45.3 Å². The van der Waals surface area contributed by atoms with Crippen molar-refractivity contribution >= 4 is 58.1 Å². The maximum Gasteiger partial charge on any atom is 0.340 e. The van der Waals surface area contributed by atoms with Gasteiger partial charge in [-0.15, -0.1) is 0 Å². The van der Waals surface area contributed by atoms with Crippen molar-refractivity contribution in [2.75, 3.05) is 17.7 Å². The van der Waals surface area contributed by atoms with Crippen molar-refractivity contribution in [3.63, 3.8) is 0 Å². The van der Waals surface area contributed by atoms with Gasteiger partial charge in [-0.2, -0.15) is 0 Å². The Labute approximate surface area is 153 Å². The summed E-state index contributed by atoms with van der Waals surface area (Å²) in [4.78, 5) is 23.9. The van der Waals surface area contributed by atoms with Crippen molar-refractivity contribution in [3.05, 3.63) is 56.5 Å². The lowest BCUT2D eigenvalue weighted by Gasteiger charge is -2.10. The first-order valence-corrected chi connectivity index (χ1v) is 7.89. The topological polar surface area (TPSA) is 81.4 Å². The number of para-hydroxylation sites is 1. The smallest absolute Gasteiger partial charge is 0.340 e. The molecule has 5 nitrogen and oxygen atoms in total. The van der Waals surface area contributed by atoms with Gasteiger partial charge in [0.15, 0.2) is 6.61 Å². The van der Waals surface area contributed by atoms with Crippen LogP contribution in [0.2, 0.25) is 15.1 Å². The quantitative estimate of drug-likeness (QED) is 0.465. The predicted molar refractivity (Wildman–Crippen MR) is 96.0 cm³/mol. The fourth-order valence-corrected chi connectivity index (χ4v) is 2.47. The molecule has 0 unspecified atom stereocenters. The molecule has 3 N–H and O–H groups in total. The number of anilines is 2. The van der Waals surface area contributed by atoms with Crippen LogP contribution in [-0.2, 0) is 9.53 Å². The van der Waals surface area contributed by atoms with Crippen molar-refractivity contribution in [2.45, 2.75) is 6.92 Å². The van der Waals surface area contributed by atoms with Crippen LogP contribution in [0.25, 0.3) is 0 Å². The van der Waals surface area contributed by atoms with E-state index in [-0.39, 0.29) is 26.3 Å². The minimum Gasteiger partial charge on any atom is -0.452 e. The van der Waals surface area contributed by atoms with Crippen LogP contribution in [0.5, 0.6) is 0 Å². The molecule has 2 rings (SSSR count). The molecule has 24 heavy (non-hydrogen) atoms. The molecule has 0 bridgehead atoms. The van der Waals surface area contributed by atoms with E-state index >= 15 is 0 Å². The third kappa shape index (κ3) is 4.32. The molecule has 2 aromatic carbocycles. The number of benzene rings is 2. The average Bonchev–Trinajstić information content (AvgIpc) is 2.53. The van der Waals surface area contributed by atoms with Gasteiger partial charge in [-0.25, -0.2) is 4.79 Å². The Hall–Kier alpha value is -1.95. The molecule has 0 aliphatic rings. The van der Waals surface area contributed by atoms with Crippen LogP contribution in [0.4, 0.5) is 11.4 Å². The first-order chi connectivity index (χ1) is 11.3. The van der Waals surface area contributed by atoms with Gasteiger partial charge in [-0.05, 0) is 30.7 Å². The highest BCUT2D eigenvalue weighted by Crippen LogP contribution is 2.32. The van der Waals surface area contributed by atoms with E-state index < -0.39 is 18.5 Å². The number of carbonyl (C=O) groups excluding carboxylic acids is 2. The van der Waals surface area contributed by atoms with Crippen LogP contribution in [0.1, 0.15) is 15.9 Å². The van der Waals surface area contributed by atoms with E-state index in [0.29, 0.717) is 5.69 Å². The first-order valence-electron chi connectivity index (χ1n) is 6.76. The summed E-state index contributed by atoms with van der Waals surface area (Å²) in [6.45, 7) is 1.27. The van der Waals surface area contributed by atoms with E-state index in [9.17, 15) is 9.59 Å². The van der Waals surface area contributed by atoms with Crippen LogP contribution in [-0.4, -0.2) is 18.5 Å². The fourth-order valence-electron chi connectivity index (χ4n) is 1.87. The van der Waals surface area contributed by atoms with Gasteiger partial charge in [0.1, 0.15) is 0 Å². The molecule has 2 aromatic rings. The standard InChI is InChI=1S/C16H13Cl3N2O3/c1-8-3-2-4-9(15(8)20)16(23)24-7-14(22)21-13-6-11(18)10(17)5-12(13)19/h2-6H,7,20H2,1H3,(H,21,22). The fraction of sp³-hybridized carbons (Fsp3) is 0.125. The Bertz CT molecular complexity index is 809. The summed E-state index contributed by atoms with van der Waals surface area (Å²) in [5.74, 6) is -1.26. The summed E-state index contributed by atoms with van der Waals surface area (Å²) in [7, 11) is 0. The first kappa shape index (κ1) is 18.4. The van der Waals surface area contributed by atoms with E-state index in [1.165, 1.54) is 18.2 Å². The molecule has 126 valence electrons. The van der Waals surface area contributed by atoms with E-state index in [0.717, 1.165) is 5.56 Å². The number of amides is 1. The molecule has 0 aliphatic heterocycles. The van der Waals surface area contributed by atoms with Crippen LogP contribution >= 0.6 is 34.8 Å². The van der Waals surface area contributed by atoms with E-state index in [1.807, 2.05) is 0 Å². The summed E-state index contributed by atoms with van der Waals surface area (Å²) in [5, 5.41) is 3.21. The zero-order valence-electron chi connectivity index (χ0n) is 12.5. The molecule has 0 aromatic heterocycles. The molecule has 0 aliphatic carbocycles. The van der Waals surface area contributed by atoms with Crippen molar-refractivity contribution in [1.82, 2.24) is 0 Å². The molecule has 0 spiro atoms. The van der Waals surface area contributed by atoms with Crippen molar-refractivity contribution in [2.24, 2.45) is 0 Å². The Morgan fingerprint density at radius 3 is 2.50 bits per heavy atom. The third-order valence-corrected chi connectivity index (χ3v) is 4.20. The zero-order valence-corrected chi connectivity index (χ0v) is 14.8. The van der Waals surface area contributed by atoms with Crippen LogP contribution in [0, 0.1) is 6.92 Å². The van der Waals surface area contributed by atoms with E-state index in [1.54, 1.807) is 19.1 Å². The summed E-state index contributed by atoms with van der Waals surface area (Å²) < 4.78 is 4.96. The molecule has 0 saturated heterocycles. The highest BCUT2D eigenvalue weighted by molar-refractivity contribution is 6.44. The monoisotopic (exact) mass is 386 g/mol. The van der Waals surface area contributed by atoms with Gasteiger partial charge in [-0.1, -0.05) is 46.9 Å². The van der Waals surface area contributed by atoms with Crippen LogP contribution in [0.15, 0.2) is 30.3 Å². The maximum absolute atomic E-state index is 12.0. The van der Waals surface area contributed by atoms with Gasteiger partial charge in [0.25, 0.3) is 5.91 Å². The Morgan fingerprint density at radius 2 is 1.79 bits per heavy atom. The summed E-state index contributed by atoms with van der Waals surface area (Å²) in [6.07, 6.45) is 0. The number of esters is 1. The van der Waals surface area contributed by atoms with Crippen LogP contribution in [0.3, 0.4) is 0 Å². The third-order valence-electron chi connectivity index (χ3n) is 3.16. The summed E-state index contributed by atoms with van der Waals surface area (Å²) >= 11 is 17.6. The molecule has 8 heteroatoms. The van der Waals surface area contributed by atoms with Gasteiger partial charge >= 0.3 is 5.97 Å². The van der Waals surface area contributed by atoms with Gasteiger partial charge in [0.2, 0.25) is 0 Å². The number of nitrogens with one attached hydrogen (secondary N) is 1. The molecule has 0 atom stereocenters. The highest BCUT2D eigenvalue weighted by atomic mass is 35.5. The number of aryl methyl sites for hydroxylation is 1. The zero-order chi connectivity index (χ0) is 17.9. The normalized spacial score (nSPS) is 10.3. The number of ether oxygens (including phenoxy) is 1. The van der Waals surface area contributed by atoms with E-state index in [2.05, 4.69) is 5.32 Å². The lowest BCUT2D eigenvalue weighted by atomic mass is 10.1. The molecule has 0 fully saturated rings. The predicted octanol–water partition coefficient (Wildman–Crippen LogP) is 4.33. The number of hydrogen-bond donors (Lipinski definition) is 2. The average molecular weight is 388 g/mol. The molecule has 0 radical (unpaired) electrons. The lowest BCUT2D eigenvalue weighted by Crippen LogP contribution is -2.21. The maximum atomic E-state index is 12.0. The molecule has 1 amide bonds. The van der Waals surface area contributed by atoms with Gasteiger partial charge < -0.3 is 15.8 Å². The number of hydrogen-bond acceptors (Lipinski definition) is 4. The van der Waals surface area contributed by atoms with Gasteiger partial charge in [0, 0.05) is 5.69 Å². The summed E-state index contributed by atoms with van der Waals surface area (Å²) in [6, 6.07) is 7.78. The summed E-state index contributed by atoms with van der Waals surface area (Å²) in [5.41, 5.74) is 7.35. The lowest BCUT2D eigenvalue weighted by molar-refractivity contribution is -0.119. The number of carbonyl (C=O) groups is 2. The van der Waals surface area contributed by atoms with Gasteiger partial charge in [-0.3, -0.25) is 4.79 Å². The SMILES string of the molecule is Cc1cccc(C(=O)OCC(=O)Nc2cc(Cl)c(Cl)cc2Cl)c1N. The number of halogens is 3. The molecular weight excluding hydrogens is 375 g/mol. The Morgan fingerprint density at radius 1 is 1.12 bits per heavy atom. The number of nitrogen functional groups attached to an aromatic ring is 1. The van der Waals surface area contributed by atoms with Crippen LogP contribution < -0.4 is 11.1 Å². The van der Waals surface area contributed by atoms with Crippen molar-refractivity contribution in [1.29, 1.82) is 0 Å². The Kier molecular flexibility index (Phi) is 5.94. The minimum absolute atomic E-state index is 0.204. The molecular formula is C16H13Cl3N2O3. The van der Waals surface area contributed by atoms with Crippen molar-refractivity contribution in [3.8, 4) is 0 Å². The highest BCUT2D eigenvalue weighted by Gasteiger charge is 2.15. The second kappa shape index (κ2) is 7.75. The number of nitrogens with two attached hydrogens (primary N) is 1. The largest absolute Gasteiger partial charge is 0.452 e. The minimum atomic E-state index is -0.688.